The van der Waals surface area contributed by atoms with Gasteiger partial charge in [-0.3, -0.25) is 15.0 Å². The Kier molecular flexibility index (Phi) is 5.50. The third-order valence-electron chi connectivity index (χ3n) is 3.90. The minimum atomic E-state index is -4.44. The molecule has 0 spiro atoms. The van der Waals surface area contributed by atoms with E-state index in [1.807, 2.05) is 0 Å². The first-order valence-electron chi connectivity index (χ1n) is 7.29. The molecule has 0 aromatic heterocycles. The van der Waals surface area contributed by atoms with Crippen LogP contribution in [0.15, 0.2) is 12.1 Å². The molecule has 1 fully saturated rings. The summed E-state index contributed by atoms with van der Waals surface area (Å²) in [6, 6.07) is 1.12. The van der Waals surface area contributed by atoms with Gasteiger partial charge in [-0.2, -0.15) is 13.2 Å². The van der Waals surface area contributed by atoms with E-state index >= 15 is 0 Å². The molecule has 2 N–H and O–H groups in total. The number of nitrogens with zero attached hydrogens (tertiary/aromatic N) is 2. The third kappa shape index (κ3) is 4.26. The lowest BCUT2D eigenvalue weighted by Gasteiger charge is -2.35. The van der Waals surface area contributed by atoms with Crippen LogP contribution in [-0.4, -0.2) is 54.4 Å². The van der Waals surface area contributed by atoms with Crippen LogP contribution in [0.5, 0.6) is 11.5 Å². The van der Waals surface area contributed by atoms with E-state index in [9.17, 15) is 28.4 Å². The minimum Gasteiger partial charge on any atom is -0.500 e. The zero-order valence-corrected chi connectivity index (χ0v) is 13.0. The molecule has 0 aliphatic carbocycles. The number of nitro benzene ring substituents is 1. The van der Waals surface area contributed by atoms with E-state index in [-0.39, 0.29) is 11.3 Å². The molecular formula is C14H18F3N3O4. The molecule has 7 nitrogen and oxygen atoms in total. The molecule has 1 heterocycles. The van der Waals surface area contributed by atoms with Gasteiger partial charge in [0.15, 0.2) is 5.75 Å². The summed E-state index contributed by atoms with van der Waals surface area (Å²) in [6.07, 6.45) is -5.58. The smallest absolute Gasteiger partial charge is 0.390 e. The molecule has 1 saturated heterocycles. The van der Waals surface area contributed by atoms with Gasteiger partial charge in [0.25, 0.3) is 0 Å². The summed E-state index contributed by atoms with van der Waals surface area (Å²) in [6.45, 7) is 1.84. The normalized spacial score (nSPS) is 17.5. The minimum absolute atomic E-state index is 0.0931. The number of halogens is 3. The summed E-state index contributed by atoms with van der Waals surface area (Å²) < 4.78 is 43.9. The van der Waals surface area contributed by atoms with Crippen molar-refractivity contribution >= 4 is 5.69 Å². The number of ether oxygens (including phenoxy) is 1. The van der Waals surface area contributed by atoms with Gasteiger partial charge in [-0.25, -0.2) is 0 Å². The second-order valence-electron chi connectivity index (χ2n) is 5.47. The van der Waals surface area contributed by atoms with Crippen molar-refractivity contribution in [2.75, 3.05) is 33.3 Å². The van der Waals surface area contributed by atoms with Gasteiger partial charge in [0.2, 0.25) is 5.75 Å². The van der Waals surface area contributed by atoms with Gasteiger partial charge in [-0.05, 0) is 11.6 Å². The van der Waals surface area contributed by atoms with Crippen LogP contribution in [0, 0.1) is 10.1 Å². The Labute approximate surface area is 136 Å². The van der Waals surface area contributed by atoms with E-state index in [0.717, 1.165) is 6.07 Å². The maximum absolute atomic E-state index is 13.0. The highest BCUT2D eigenvalue weighted by atomic mass is 19.4. The van der Waals surface area contributed by atoms with Crippen molar-refractivity contribution in [3.8, 4) is 11.5 Å². The first-order chi connectivity index (χ1) is 11.2. The number of methoxy groups -OCH3 is 1. The van der Waals surface area contributed by atoms with Crippen molar-refractivity contribution in [2.45, 2.75) is 18.6 Å². The van der Waals surface area contributed by atoms with Crippen LogP contribution < -0.4 is 10.1 Å². The van der Waals surface area contributed by atoms with Crippen LogP contribution >= 0.6 is 0 Å². The number of rotatable bonds is 5. The predicted octanol–water partition coefficient (Wildman–Crippen LogP) is 2.21. The first kappa shape index (κ1) is 18.3. The molecule has 0 unspecified atom stereocenters. The lowest BCUT2D eigenvalue weighted by molar-refractivity contribution is -0.386. The van der Waals surface area contributed by atoms with Gasteiger partial charge in [0.05, 0.1) is 18.5 Å². The van der Waals surface area contributed by atoms with Crippen LogP contribution in [-0.2, 0) is 0 Å². The second-order valence-corrected chi connectivity index (χ2v) is 5.47. The number of nitrogens with one attached hydrogen (secondary N) is 1. The molecule has 134 valence electrons. The number of hydrogen-bond donors (Lipinski definition) is 2. The van der Waals surface area contributed by atoms with Crippen molar-refractivity contribution in [1.29, 1.82) is 0 Å². The van der Waals surface area contributed by atoms with E-state index in [0.29, 0.717) is 26.2 Å². The van der Waals surface area contributed by atoms with Crippen LogP contribution in [0.4, 0.5) is 18.9 Å². The fourth-order valence-corrected chi connectivity index (χ4v) is 2.77. The van der Waals surface area contributed by atoms with Crippen molar-refractivity contribution in [3.05, 3.63) is 27.8 Å². The number of phenols is 1. The molecule has 1 atom stereocenters. The highest BCUT2D eigenvalue weighted by molar-refractivity contribution is 5.57. The number of nitro groups is 1. The van der Waals surface area contributed by atoms with Gasteiger partial charge in [0, 0.05) is 38.3 Å². The van der Waals surface area contributed by atoms with Gasteiger partial charge in [-0.1, -0.05) is 0 Å². The monoisotopic (exact) mass is 349 g/mol. The first-order valence-corrected chi connectivity index (χ1v) is 7.29. The molecule has 1 aliphatic rings. The predicted molar refractivity (Wildman–Crippen MR) is 79.2 cm³/mol. The van der Waals surface area contributed by atoms with E-state index in [1.54, 1.807) is 4.90 Å². The Balaban J connectivity index is 2.47. The highest BCUT2D eigenvalue weighted by Gasteiger charge is 2.37. The summed E-state index contributed by atoms with van der Waals surface area (Å²) in [5.74, 6) is -0.918. The van der Waals surface area contributed by atoms with Crippen molar-refractivity contribution in [2.24, 2.45) is 0 Å². The van der Waals surface area contributed by atoms with Gasteiger partial charge in [-0.15, -0.1) is 0 Å². The van der Waals surface area contributed by atoms with Crippen LogP contribution in [0.3, 0.4) is 0 Å². The maximum Gasteiger partial charge on any atom is 0.390 e. The average molecular weight is 349 g/mol. The Bertz CT molecular complexity index is 604. The summed E-state index contributed by atoms with van der Waals surface area (Å²) in [5, 5.41) is 23.9. The Morgan fingerprint density at radius 2 is 2.04 bits per heavy atom. The van der Waals surface area contributed by atoms with E-state index in [2.05, 4.69) is 5.32 Å². The molecule has 24 heavy (non-hydrogen) atoms. The largest absolute Gasteiger partial charge is 0.500 e. The topological polar surface area (TPSA) is 87.9 Å². The number of benzene rings is 1. The van der Waals surface area contributed by atoms with Gasteiger partial charge < -0.3 is 15.2 Å². The fourth-order valence-electron chi connectivity index (χ4n) is 2.77. The molecule has 0 radical (unpaired) electrons. The zero-order chi connectivity index (χ0) is 17.9. The molecule has 1 aromatic carbocycles. The lowest BCUT2D eigenvalue weighted by atomic mass is 9.99. The number of piperazine rings is 1. The zero-order valence-electron chi connectivity index (χ0n) is 13.0. The van der Waals surface area contributed by atoms with Crippen LogP contribution in [0.25, 0.3) is 0 Å². The Hall–Kier alpha value is -2.07. The summed E-state index contributed by atoms with van der Waals surface area (Å²) in [5.41, 5.74) is -0.581. The SMILES string of the molecule is COc1cc([C@@H](CC(F)(F)F)N2CCNCC2)cc([N+](=O)[O-])c1O. The van der Waals surface area contributed by atoms with E-state index < -0.39 is 35.0 Å². The van der Waals surface area contributed by atoms with Crippen LogP contribution in [0.2, 0.25) is 0 Å². The van der Waals surface area contributed by atoms with Gasteiger partial charge >= 0.3 is 11.9 Å². The molecule has 0 amide bonds. The maximum atomic E-state index is 13.0. The van der Waals surface area contributed by atoms with Gasteiger partial charge in [0.1, 0.15) is 0 Å². The third-order valence-corrected chi connectivity index (χ3v) is 3.90. The van der Waals surface area contributed by atoms with E-state index in [1.165, 1.54) is 13.2 Å². The molecular weight excluding hydrogens is 331 g/mol. The molecule has 0 bridgehead atoms. The quantitative estimate of drug-likeness (QED) is 0.626. The van der Waals surface area contributed by atoms with Crippen molar-refractivity contribution < 1.29 is 27.9 Å². The molecule has 2 rings (SSSR count). The Morgan fingerprint density at radius 3 is 2.54 bits per heavy atom. The second kappa shape index (κ2) is 7.22. The van der Waals surface area contributed by atoms with Crippen molar-refractivity contribution in [3.63, 3.8) is 0 Å². The van der Waals surface area contributed by atoms with Crippen molar-refractivity contribution in [1.82, 2.24) is 10.2 Å². The highest BCUT2D eigenvalue weighted by Crippen LogP contribution is 2.42. The standard InChI is InChI=1S/C14H18F3N3O4/c1-24-12-7-9(6-10(13(12)21)20(22)23)11(8-14(15,16)17)19-4-2-18-3-5-19/h6-7,11,18,21H,2-5,8H2,1H3/t11-/m1/s1. The molecule has 0 saturated carbocycles. The fraction of sp³-hybridized carbons (Fsp3) is 0.571. The molecule has 1 aliphatic heterocycles. The number of aromatic hydroxyl groups is 1. The summed E-state index contributed by atoms with van der Waals surface area (Å²) >= 11 is 0. The molecule has 1 aromatic rings. The lowest BCUT2D eigenvalue weighted by Crippen LogP contribution is -2.46. The van der Waals surface area contributed by atoms with Crippen LogP contribution in [0.1, 0.15) is 18.0 Å². The average Bonchev–Trinajstić information content (AvgIpc) is 2.52. The number of phenolic OH excluding ortho intramolecular Hbond substituents is 1. The Morgan fingerprint density at radius 1 is 1.42 bits per heavy atom. The summed E-state index contributed by atoms with van der Waals surface area (Å²) in [7, 11) is 1.19. The summed E-state index contributed by atoms with van der Waals surface area (Å²) in [4.78, 5) is 11.9. The number of alkyl halides is 3. The molecule has 10 heteroatoms. The number of hydrogen-bond acceptors (Lipinski definition) is 6. The van der Waals surface area contributed by atoms with E-state index in [4.69, 9.17) is 4.74 Å².